The quantitative estimate of drug-likeness (QED) is 0.633. The minimum absolute atomic E-state index is 0.0542. The average molecular weight is 398 g/mol. The molecule has 0 saturated carbocycles. The maximum absolute atomic E-state index is 12.7. The number of benzene rings is 2. The molecule has 7 nitrogen and oxygen atoms in total. The van der Waals surface area contributed by atoms with Crippen LogP contribution in [0.3, 0.4) is 0 Å². The minimum atomic E-state index is -3.85. The Morgan fingerprint density at radius 3 is 2.36 bits per heavy atom. The van der Waals surface area contributed by atoms with Gasteiger partial charge in [0, 0.05) is 6.54 Å². The number of sulfonamides is 1. The van der Waals surface area contributed by atoms with Gasteiger partial charge in [0.2, 0.25) is 0 Å². The lowest BCUT2D eigenvalue weighted by molar-refractivity contribution is 0.402. The number of methoxy groups -OCH3 is 1. The Kier molecular flexibility index (Phi) is 5.79. The molecule has 0 aliphatic rings. The lowest BCUT2D eigenvalue weighted by Gasteiger charge is -2.12. The van der Waals surface area contributed by atoms with Crippen molar-refractivity contribution in [2.45, 2.75) is 25.3 Å². The molecule has 0 atom stereocenters. The topological polar surface area (TPSA) is 93.2 Å². The van der Waals surface area contributed by atoms with E-state index in [1.165, 1.54) is 12.7 Å². The molecular formula is C20H22N4O3S. The first kappa shape index (κ1) is 19.6. The summed E-state index contributed by atoms with van der Waals surface area (Å²) >= 11 is 0. The highest BCUT2D eigenvalue weighted by Gasteiger charge is 2.20. The van der Waals surface area contributed by atoms with E-state index in [0.717, 1.165) is 11.1 Å². The third-order valence-corrected chi connectivity index (χ3v) is 5.61. The van der Waals surface area contributed by atoms with Gasteiger partial charge in [0.1, 0.15) is 16.5 Å². The molecule has 0 saturated heterocycles. The number of aromatic nitrogens is 2. The molecule has 28 heavy (non-hydrogen) atoms. The fourth-order valence-electron chi connectivity index (χ4n) is 2.66. The van der Waals surface area contributed by atoms with Gasteiger partial charge in [0.15, 0.2) is 5.82 Å². The van der Waals surface area contributed by atoms with Gasteiger partial charge in [-0.05, 0) is 54.8 Å². The van der Waals surface area contributed by atoms with Gasteiger partial charge in [0.05, 0.1) is 7.11 Å². The summed E-state index contributed by atoms with van der Waals surface area (Å²) < 4.78 is 33.0. The summed E-state index contributed by atoms with van der Waals surface area (Å²) in [6.45, 7) is 4.46. The summed E-state index contributed by atoms with van der Waals surface area (Å²) in [4.78, 5) is 0.0542. The van der Waals surface area contributed by atoms with Gasteiger partial charge in [-0.3, -0.25) is 4.72 Å². The van der Waals surface area contributed by atoms with E-state index in [9.17, 15) is 8.42 Å². The molecule has 0 radical (unpaired) electrons. The largest absolute Gasteiger partial charge is 0.495 e. The summed E-state index contributed by atoms with van der Waals surface area (Å²) in [6.07, 6.45) is 0. The second-order valence-corrected chi connectivity index (χ2v) is 7.99. The molecule has 146 valence electrons. The molecule has 3 rings (SSSR count). The van der Waals surface area contributed by atoms with Gasteiger partial charge in [-0.2, -0.15) is 0 Å². The third-order valence-electron chi connectivity index (χ3n) is 4.23. The molecule has 0 fully saturated rings. The fourth-order valence-corrected chi connectivity index (χ4v) is 3.91. The number of rotatable bonds is 7. The molecule has 0 aliphatic carbocycles. The van der Waals surface area contributed by atoms with Crippen LogP contribution in [0.5, 0.6) is 5.75 Å². The van der Waals surface area contributed by atoms with Crippen LogP contribution in [0, 0.1) is 13.8 Å². The molecule has 1 aromatic heterocycles. The van der Waals surface area contributed by atoms with Crippen LogP contribution >= 0.6 is 0 Å². The summed E-state index contributed by atoms with van der Waals surface area (Å²) in [5.74, 6) is 0.951. The zero-order chi connectivity index (χ0) is 20.1. The molecule has 3 aromatic rings. The van der Waals surface area contributed by atoms with Gasteiger partial charge >= 0.3 is 0 Å². The van der Waals surface area contributed by atoms with E-state index >= 15 is 0 Å². The number of nitrogens with zero attached hydrogens (tertiary/aromatic N) is 2. The Morgan fingerprint density at radius 2 is 1.68 bits per heavy atom. The SMILES string of the molecule is COc1ccc(C)cc1S(=O)(=O)Nc1ccc(NCc2ccccc2C)nn1. The number of ether oxygens (including phenoxy) is 1. The highest BCUT2D eigenvalue weighted by molar-refractivity contribution is 7.92. The second-order valence-electron chi connectivity index (χ2n) is 6.34. The van der Waals surface area contributed by atoms with Crippen LogP contribution in [-0.4, -0.2) is 25.7 Å². The molecule has 1 heterocycles. The summed E-state index contributed by atoms with van der Waals surface area (Å²) in [5.41, 5.74) is 3.14. The lowest BCUT2D eigenvalue weighted by atomic mass is 10.1. The summed E-state index contributed by atoms with van der Waals surface area (Å²) in [6, 6.07) is 16.2. The predicted octanol–water partition coefficient (Wildman–Crippen LogP) is 3.51. The monoisotopic (exact) mass is 398 g/mol. The number of hydrogen-bond donors (Lipinski definition) is 2. The van der Waals surface area contributed by atoms with E-state index in [1.54, 1.807) is 30.3 Å². The number of aryl methyl sites for hydroxylation is 2. The van der Waals surface area contributed by atoms with Crippen LogP contribution in [0.15, 0.2) is 59.5 Å². The van der Waals surface area contributed by atoms with Crippen molar-refractivity contribution in [1.29, 1.82) is 0 Å². The Labute approximate surface area is 164 Å². The zero-order valence-corrected chi connectivity index (χ0v) is 16.7. The zero-order valence-electron chi connectivity index (χ0n) is 15.9. The van der Waals surface area contributed by atoms with Crippen molar-refractivity contribution in [3.8, 4) is 5.75 Å². The Morgan fingerprint density at radius 1 is 0.964 bits per heavy atom. The van der Waals surface area contributed by atoms with Gasteiger partial charge in [-0.15, -0.1) is 10.2 Å². The van der Waals surface area contributed by atoms with Crippen molar-refractivity contribution in [3.63, 3.8) is 0 Å². The highest BCUT2D eigenvalue weighted by atomic mass is 32.2. The second kappa shape index (κ2) is 8.26. The summed E-state index contributed by atoms with van der Waals surface area (Å²) in [5, 5.41) is 11.2. The van der Waals surface area contributed by atoms with Crippen molar-refractivity contribution < 1.29 is 13.2 Å². The van der Waals surface area contributed by atoms with E-state index in [4.69, 9.17) is 4.74 Å². The van der Waals surface area contributed by atoms with Crippen molar-refractivity contribution in [2.75, 3.05) is 17.1 Å². The molecule has 0 amide bonds. The fraction of sp³-hybridized carbons (Fsp3) is 0.200. The number of hydrogen-bond acceptors (Lipinski definition) is 6. The average Bonchev–Trinajstić information content (AvgIpc) is 2.68. The van der Waals surface area contributed by atoms with Crippen molar-refractivity contribution in [1.82, 2.24) is 10.2 Å². The first-order chi connectivity index (χ1) is 13.4. The first-order valence-corrected chi connectivity index (χ1v) is 10.2. The van der Waals surface area contributed by atoms with E-state index < -0.39 is 10.0 Å². The maximum atomic E-state index is 12.7. The molecule has 0 aliphatic heterocycles. The van der Waals surface area contributed by atoms with Crippen molar-refractivity contribution >= 4 is 21.7 Å². The van der Waals surface area contributed by atoms with Crippen LogP contribution in [-0.2, 0) is 16.6 Å². The maximum Gasteiger partial charge on any atom is 0.266 e. The smallest absolute Gasteiger partial charge is 0.266 e. The van der Waals surface area contributed by atoms with Gasteiger partial charge in [-0.25, -0.2) is 8.42 Å². The van der Waals surface area contributed by atoms with Crippen LogP contribution in [0.4, 0.5) is 11.6 Å². The molecule has 2 aromatic carbocycles. The summed E-state index contributed by atoms with van der Waals surface area (Å²) in [7, 11) is -2.42. The Hall–Kier alpha value is -3.13. The number of anilines is 2. The van der Waals surface area contributed by atoms with Crippen molar-refractivity contribution in [2.24, 2.45) is 0 Å². The van der Waals surface area contributed by atoms with Crippen molar-refractivity contribution in [3.05, 3.63) is 71.3 Å². The standard InChI is InChI=1S/C20H22N4O3S/c1-14-8-9-17(27-3)18(12-14)28(25,26)24-20-11-10-19(22-23-20)21-13-16-7-5-4-6-15(16)2/h4-12H,13H2,1-3H3,(H,21,22)(H,23,24). The minimum Gasteiger partial charge on any atom is -0.495 e. The van der Waals surface area contributed by atoms with E-state index in [1.807, 2.05) is 38.1 Å². The van der Waals surface area contributed by atoms with E-state index in [-0.39, 0.29) is 16.5 Å². The third kappa shape index (κ3) is 4.58. The Balaban J connectivity index is 1.72. The molecular weight excluding hydrogens is 376 g/mol. The first-order valence-electron chi connectivity index (χ1n) is 8.68. The molecule has 0 spiro atoms. The predicted molar refractivity (Wildman–Crippen MR) is 109 cm³/mol. The molecule has 0 bridgehead atoms. The van der Waals surface area contributed by atoms with Crippen LogP contribution in [0.25, 0.3) is 0 Å². The van der Waals surface area contributed by atoms with Gasteiger partial charge in [0.25, 0.3) is 10.0 Å². The van der Waals surface area contributed by atoms with Crippen LogP contribution < -0.4 is 14.8 Å². The van der Waals surface area contributed by atoms with Gasteiger partial charge < -0.3 is 10.1 Å². The molecule has 0 unspecified atom stereocenters. The number of nitrogens with one attached hydrogen (secondary N) is 2. The van der Waals surface area contributed by atoms with E-state index in [2.05, 4.69) is 20.2 Å². The van der Waals surface area contributed by atoms with E-state index in [0.29, 0.717) is 12.4 Å². The molecule has 2 N–H and O–H groups in total. The van der Waals surface area contributed by atoms with Crippen LogP contribution in [0.1, 0.15) is 16.7 Å². The molecule has 8 heteroatoms. The van der Waals surface area contributed by atoms with Gasteiger partial charge in [-0.1, -0.05) is 30.3 Å². The highest BCUT2D eigenvalue weighted by Crippen LogP contribution is 2.26. The normalized spacial score (nSPS) is 11.1. The lowest BCUT2D eigenvalue weighted by Crippen LogP contribution is -2.16. The Bertz CT molecular complexity index is 1070. The van der Waals surface area contributed by atoms with Crippen LogP contribution in [0.2, 0.25) is 0 Å².